The average molecular weight is 464 g/mol. The third-order valence-corrected chi connectivity index (χ3v) is 6.98. The van der Waals surface area contributed by atoms with Crippen LogP contribution in [0.2, 0.25) is 0 Å². The number of aryl methyl sites for hydroxylation is 1. The molecule has 0 amide bonds. The normalized spacial score (nSPS) is 19.1. The summed E-state index contributed by atoms with van der Waals surface area (Å²) in [6.45, 7) is 1.55. The van der Waals surface area contributed by atoms with E-state index in [9.17, 15) is 18.9 Å². The molecule has 2 aromatic rings. The van der Waals surface area contributed by atoms with E-state index in [1.54, 1.807) is 43.3 Å². The number of H-pyrrole nitrogens is 1. The Bertz CT molecular complexity index is 1130. The second kappa shape index (κ2) is 10.2. The van der Waals surface area contributed by atoms with Gasteiger partial charge in [-0.2, -0.15) is 0 Å². The van der Waals surface area contributed by atoms with Crippen LogP contribution in [0.3, 0.4) is 0 Å². The maximum atomic E-state index is 13.0. The largest absolute Gasteiger partial charge is 0.458 e. The van der Waals surface area contributed by atoms with E-state index in [2.05, 4.69) is 4.98 Å². The molecule has 0 saturated heterocycles. The summed E-state index contributed by atoms with van der Waals surface area (Å²) in [5.74, 6) is -2.52. The van der Waals surface area contributed by atoms with Crippen LogP contribution in [0, 0.1) is 6.92 Å². The molecule has 1 aromatic carbocycles. The van der Waals surface area contributed by atoms with Crippen molar-refractivity contribution < 1.29 is 27.9 Å². The lowest BCUT2D eigenvalue weighted by Crippen LogP contribution is -2.34. The van der Waals surface area contributed by atoms with Crippen LogP contribution in [0.4, 0.5) is 0 Å². The van der Waals surface area contributed by atoms with Crippen LogP contribution in [-0.4, -0.2) is 41.7 Å². The van der Waals surface area contributed by atoms with Gasteiger partial charge in [-0.25, -0.2) is 9.59 Å². The summed E-state index contributed by atoms with van der Waals surface area (Å²) in [6, 6.07) is 8.58. The summed E-state index contributed by atoms with van der Waals surface area (Å²) in [4.78, 5) is 38.8. The van der Waals surface area contributed by atoms with Gasteiger partial charge in [-0.15, -0.1) is 0 Å². The van der Waals surface area contributed by atoms with Crippen molar-refractivity contribution in [1.82, 2.24) is 9.55 Å². The number of aromatic nitrogens is 2. The number of hydrogen-bond acceptors (Lipinski definition) is 8. The highest BCUT2D eigenvalue weighted by Gasteiger charge is 2.44. The van der Waals surface area contributed by atoms with Gasteiger partial charge in [0, 0.05) is 32.4 Å². The predicted octanol–water partition coefficient (Wildman–Crippen LogP) is 2.29. The summed E-state index contributed by atoms with van der Waals surface area (Å²) >= 11 is 0. The fourth-order valence-electron chi connectivity index (χ4n) is 3.28. The molecule has 11 heteroatoms. The van der Waals surface area contributed by atoms with Crippen molar-refractivity contribution in [1.29, 1.82) is 0 Å². The van der Waals surface area contributed by atoms with Crippen LogP contribution in [-0.2, 0) is 34.5 Å². The minimum Gasteiger partial charge on any atom is -0.458 e. The summed E-state index contributed by atoms with van der Waals surface area (Å²) in [5, 5.41) is 0. The minimum atomic E-state index is -3.98. The monoisotopic (exact) mass is 464 g/mol. The molecule has 0 bridgehead atoms. The molecule has 3 rings (SSSR count). The van der Waals surface area contributed by atoms with Crippen molar-refractivity contribution in [3.05, 3.63) is 80.6 Å². The summed E-state index contributed by atoms with van der Waals surface area (Å²) < 4.78 is 35.4. The van der Waals surface area contributed by atoms with Gasteiger partial charge < -0.3 is 18.5 Å². The summed E-state index contributed by atoms with van der Waals surface area (Å²) in [5.41, 5.74) is 0.114. The van der Waals surface area contributed by atoms with Crippen LogP contribution in [0.5, 0.6) is 0 Å². The first kappa shape index (κ1) is 23.9. The first-order chi connectivity index (χ1) is 15.3. The standard InChI is InChI=1S/C21H25N2O8P/c1-14-12-23(21(26)22-18(14)24)16-9-10-17(11-16)31-20(32(27,28-2)29-3)19(25)30-13-15-7-5-4-6-8-15/h4-10,12,16-17,20H,11,13H2,1-3H3,(H,22,24,26)/t16-,17+,20?/m0/s1. The maximum Gasteiger partial charge on any atom is 0.370 e. The van der Waals surface area contributed by atoms with Crippen molar-refractivity contribution in [2.75, 3.05) is 14.2 Å². The SMILES string of the molecule is COP(=O)(OC)C(O[C@@H]1C=C[C@H](n2cc(C)c(=O)[nH]c2=O)C1)C(=O)OCc1ccccc1. The fourth-order valence-corrected chi connectivity index (χ4v) is 4.45. The van der Waals surface area contributed by atoms with Crippen molar-refractivity contribution in [2.24, 2.45) is 0 Å². The highest BCUT2D eigenvalue weighted by molar-refractivity contribution is 7.55. The quantitative estimate of drug-likeness (QED) is 0.340. The van der Waals surface area contributed by atoms with Crippen LogP contribution < -0.4 is 11.2 Å². The first-order valence-electron chi connectivity index (χ1n) is 9.85. The molecule has 10 nitrogen and oxygen atoms in total. The molecule has 1 aliphatic rings. The molecule has 0 fully saturated rings. The fraction of sp³-hybridized carbons (Fsp3) is 0.381. The predicted molar refractivity (Wildman–Crippen MR) is 115 cm³/mol. The topological polar surface area (TPSA) is 126 Å². The number of benzene rings is 1. The Morgan fingerprint density at radius 2 is 1.88 bits per heavy atom. The second-order valence-electron chi connectivity index (χ2n) is 7.19. The smallest absolute Gasteiger partial charge is 0.370 e. The number of aromatic amines is 1. The zero-order valence-corrected chi connectivity index (χ0v) is 18.8. The molecule has 1 aliphatic carbocycles. The number of nitrogens with zero attached hydrogens (tertiary/aromatic N) is 1. The van der Waals surface area contributed by atoms with E-state index in [1.807, 2.05) is 6.07 Å². The number of nitrogens with one attached hydrogen (secondary N) is 1. The Morgan fingerprint density at radius 3 is 2.53 bits per heavy atom. The number of rotatable bonds is 9. The summed E-state index contributed by atoms with van der Waals surface area (Å²) in [6.07, 6.45) is 4.40. The molecule has 172 valence electrons. The average Bonchev–Trinajstić information content (AvgIpc) is 3.27. The van der Waals surface area contributed by atoms with Crippen molar-refractivity contribution in [2.45, 2.75) is 37.9 Å². The minimum absolute atomic E-state index is 0.0395. The van der Waals surface area contributed by atoms with E-state index in [1.165, 1.54) is 10.8 Å². The van der Waals surface area contributed by atoms with E-state index >= 15 is 0 Å². The van der Waals surface area contributed by atoms with E-state index in [-0.39, 0.29) is 13.0 Å². The molecule has 3 atom stereocenters. The van der Waals surface area contributed by atoms with Gasteiger partial charge in [0.15, 0.2) is 0 Å². The molecule has 1 heterocycles. The Balaban J connectivity index is 1.74. The van der Waals surface area contributed by atoms with E-state index in [4.69, 9.17) is 18.5 Å². The zero-order chi connectivity index (χ0) is 23.3. The highest BCUT2D eigenvalue weighted by atomic mass is 31.2. The lowest BCUT2D eigenvalue weighted by atomic mass is 10.2. The molecule has 0 aliphatic heterocycles. The van der Waals surface area contributed by atoms with Crippen LogP contribution >= 0.6 is 7.60 Å². The molecule has 1 N–H and O–H groups in total. The van der Waals surface area contributed by atoms with Gasteiger partial charge in [0.2, 0.25) is 0 Å². The number of hydrogen-bond donors (Lipinski definition) is 1. The molecule has 0 spiro atoms. The molecular formula is C21H25N2O8P. The van der Waals surface area contributed by atoms with Crippen molar-refractivity contribution in [3.8, 4) is 0 Å². The van der Waals surface area contributed by atoms with Gasteiger partial charge in [-0.1, -0.05) is 42.5 Å². The van der Waals surface area contributed by atoms with Gasteiger partial charge in [0.25, 0.3) is 11.4 Å². The number of esters is 1. The molecule has 0 radical (unpaired) electrons. The van der Waals surface area contributed by atoms with Crippen molar-refractivity contribution >= 4 is 13.6 Å². The van der Waals surface area contributed by atoms with Gasteiger partial charge >= 0.3 is 19.3 Å². The van der Waals surface area contributed by atoms with E-state index < -0.39 is 42.8 Å². The van der Waals surface area contributed by atoms with Gasteiger partial charge in [-0.3, -0.25) is 18.9 Å². The lowest BCUT2D eigenvalue weighted by molar-refractivity contribution is -0.156. The third kappa shape index (κ3) is 5.34. The molecule has 1 aromatic heterocycles. The number of ether oxygens (including phenoxy) is 2. The van der Waals surface area contributed by atoms with Crippen LogP contribution in [0.25, 0.3) is 0 Å². The molecule has 1 unspecified atom stereocenters. The van der Waals surface area contributed by atoms with Crippen LogP contribution in [0.15, 0.2) is 58.3 Å². The van der Waals surface area contributed by atoms with E-state index in [0.29, 0.717) is 5.56 Å². The van der Waals surface area contributed by atoms with E-state index in [0.717, 1.165) is 19.8 Å². The number of carbonyl (C=O) groups is 1. The Morgan fingerprint density at radius 1 is 1.19 bits per heavy atom. The van der Waals surface area contributed by atoms with Gasteiger partial charge in [-0.05, 0) is 12.5 Å². The molecular weight excluding hydrogens is 439 g/mol. The van der Waals surface area contributed by atoms with Crippen LogP contribution in [0.1, 0.15) is 23.6 Å². The zero-order valence-electron chi connectivity index (χ0n) is 17.9. The maximum absolute atomic E-state index is 13.0. The second-order valence-corrected chi connectivity index (χ2v) is 9.47. The van der Waals surface area contributed by atoms with Gasteiger partial charge in [0.1, 0.15) is 6.61 Å². The Kier molecular flexibility index (Phi) is 7.63. The Labute approximate surface area is 184 Å². The van der Waals surface area contributed by atoms with Gasteiger partial charge in [0.05, 0.1) is 12.1 Å². The molecule has 0 saturated carbocycles. The van der Waals surface area contributed by atoms with Crippen molar-refractivity contribution in [3.63, 3.8) is 0 Å². The summed E-state index contributed by atoms with van der Waals surface area (Å²) in [7, 11) is -1.68. The highest BCUT2D eigenvalue weighted by Crippen LogP contribution is 2.53. The lowest BCUT2D eigenvalue weighted by Gasteiger charge is -2.25. The number of allylic oxidation sites excluding steroid dienone is 1. The number of carbonyl (C=O) groups excluding carboxylic acids is 1. The first-order valence-corrected chi connectivity index (χ1v) is 11.5. The Hall–Kier alpha value is -2.78. The molecule has 32 heavy (non-hydrogen) atoms. The third-order valence-electron chi connectivity index (χ3n) is 5.05.